The van der Waals surface area contributed by atoms with E-state index in [1.807, 2.05) is 26.8 Å². The smallest absolute Gasteiger partial charge is 0.333 e. The van der Waals surface area contributed by atoms with Gasteiger partial charge in [-0.1, -0.05) is 38.1 Å². The molecule has 9 rings (SSSR count). The van der Waals surface area contributed by atoms with E-state index < -0.39 is 47.2 Å². The molecule has 1 aromatic carbocycles. The summed E-state index contributed by atoms with van der Waals surface area (Å²) in [6, 6.07) is 11.9. The van der Waals surface area contributed by atoms with Gasteiger partial charge in [-0.25, -0.2) is 8.78 Å². The molecule has 0 spiro atoms. The van der Waals surface area contributed by atoms with Gasteiger partial charge in [-0.2, -0.15) is 47.1 Å². The molecule has 1 saturated heterocycles. The second-order valence-electron chi connectivity index (χ2n) is 18.4. The lowest BCUT2D eigenvalue weighted by molar-refractivity contribution is -0.142. The first-order valence-corrected chi connectivity index (χ1v) is 27.0. The number of benzene rings is 1. The number of thiophene rings is 2. The van der Waals surface area contributed by atoms with E-state index in [2.05, 4.69) is 33.0 Å². The number of nitriles is 2. The minimum Gasteiger partial charge on any atom is -0.333 e. The first-order chi connectivity index (χ1) is 36.8. The predicted octanol–water partition coefficient (Wildman–Crippen LogP) is 12.0. The Labute approximate surface area is 449 Å². The third-order valence-electron chi connectivity index (χ3n) is 13.7. The second kappa shape index (κ2) is 24.7. The standard InChI is InChI=1S/C27H27F4N5OS.C26H25F4N5OS.C2H6/c1-2-36-14-21(26(34-36)27(29,30)31)25-18(6-3-7-22(25)28)20-13-35(15-23-19(20)11-17(12-32)38-23)24(37)9-8-16-5-4-10-33-16;1-4-35-13-20(25(33-35)26(28,29)30)24-17(6-5-7-21(24)27)19-12-34(23(36)9-8-15(2)32-3)14-22-18(19)10-16(11-31)37-22;1-2/h7-9,11,14,16,20,33H,2-6,10,13,15H2,1H3;5-10,13,15,19,32H,4,12,14H2,1-3H3;1-2H3/b2*9-8+;/t16?,20-;15?,19-;/m00./s1. The highest BCUT2D eigenvalue weighted by Crippen LogP contribution is 2.49. The van der Waals surface area contributed by atoms with E-state index in [4.69, 9.17) is 0 Å². The fourth-order valence-electron chi connectivity index (χ4n) is 9.91. The van der Waals surface area contributed by atoms with Crippen molar-refractivity contribution in [1.29, 1.82) is 10.5 Å². The van der Waals surface area contributed by atoms with Crippen LogP contribution in [0.4, 0.5) is 35.1 Å². The molecule has 5 aromatic rings. The Hall–Kier alpha value is -6.72. The Kier molecular flexibility index (Phi) is 18.6. The van der Waals surface area contributed by atoms with Crippen LogP contribution in [0.1, 0.15) is 125 Å². The molecule has 408 valence electrons. The summed E-state index contributed by atoms with van der Waals surface area (Å²) in [5.41, 5.74) is -0.983. The van der Waals surface area contributed by atoms with Gasteiger partial charge < -0.3 is 20.4 Å². The lowest BCUT2D eigenvalue weighted by atomic mass is 9.79. The van der Waals surface area contributed by atoms with Crippen LogP contribution in [0.2, 0.25) is 0 Å². The van der Waals surface area contributed by atoms with Gasteiger partial charge in [0.25, 0.3) is 0 Å². The van der Waals surface area contributed by atoms with Crippen molar-refractivity contribution >= 4 is 40.1 Å². The molecule has 1 aliphatic carbocycles. The summed E-state index contributed by atoms with van der Waals surface area (Å²) in [4.78, 5) is 31.8. The van der Waals surface area contributed by atoms with Crippen molar-refractivity contribution in [2.24, 2.45) is 0 Å². The number of likely N-dealkylation sites (N-methyl/N-ethyl adjacent to an activating group) is 1. The summed E-state index contributed by atoms with van der Waals surface area (Å²) in [5.74, 6) is -3.22. The second-order valence-corrected chi connectivity index (χ2v) is 20.7. The Morgan fingerprint density at radius 3 is 1.95 bits per heavy atom. The number of carbonyl (C=O) groups excluding carboxylic acids is 2. The van der Waals surface area contributed by atoms with E-state index in [-0.39, 0.29) is 78.9 Å². The summed E-state index contributed by atoms with van der Waals surface area (Å²) in [7, 11) is 1.76. The molecule has 2 unspecified atom stereocenters. The van der Waals surface area contributed by atoms with Crippen molar-refractivity contribution in [3.8, 4) is 23.3 Å². The van der Waals surface area contributed by atoms with Crippen LogP contribution in [0, 0.1) is 28.5 Å². The van der Waals surface area contributed by atoms with Crippen molar-refractivity contribution in [2.75, 3.05) is 26.7 Å². The van der Waals surface area contributed by atoms with Gasteiger partial charge in [0.05, 0.1) is 13.1 Å². The summed E-state index contributed by atoms with van der Waals surface area (Å²) in [6.45, 7) is 11.3. The lowest BCUT2D eigenvalue weighted by Gasteiger charge is -2.35. The zero-order valence-corrected chi connectivity index (χ0v) is 44.9. The molecule has 0 saturated carbocycles. The lowest BCUT2D eigenvalue weighted by Crippen LogP contribution is -2.38. The number of amides is 2. The molecule has 77 heavy (non-hydrogen) atoms. The highest BCUT2D eigenvalue weighted by atomic mass is 32.1. The van der Waals surface area contributed by atoms with Crippen molar-refractivity contribution in [3.05, 3.63) is 143 Å². The molecule has 3 aliphatic heterocycles. The van der Waals surface area contributed by atoms with Gasteiger partial charge in [-0.05, 0) is 107 Å². The van der Waals surface area contributed by atoms with Crippen LogP contribution in [0.5, 0.6) is 0 Å². The maximum absolute atomic E-state index is 15.5. The number of carbonyl (C=O) groups is 2. The number of nitrogens with zero attached hydrogens (tertiary/aromatic N) is 8. The first kappa shape index (κ1) is 58.0. The zero-order chi connectivity index (χ0) is 55.9. The SMILES string of the molecule is CC.CCn1cc(-c2c(F)cccc2[C@@H]2CN(C(=O)/C=C/C(C)NC)Cc3sc(C#N)cc32)c(C(F)(F)F)n1.CCn1cc(C2=C([C@@H]3CN(C(=O)/C=C/C4CCCN4)Cc4sc(C#N)cc43)CCC=C2F)c(C(F)(F)F)n1. The van der Waals surface area contributed by atoms with Crippen LogP contribution < -0.4 is 10.6 Å². The van der Waals surface area contributed by atoms with Gasteiger partial charge in [0, 0.05) is 107 Å². The fraction of sp³-hybridized carbons (Fsp3) is 0.418. The van der Waals surface area contributed by atoms with E-state index in [0.29, 0.717) is 45.8 Å². The number of allylic oxidation sites excluding steroid dienone is 3. The Balaban J connectivity index is 0.000000217. The van der Waals surface area contributed by atoms with Crippen LogP contribution in [-0.4, -0.2) is 79.9 Å². The minimum absolute atomic E-state index is 0.0438. The Morgan fingerprint density at radius 2 is 1.40 bits per heavy atom. The maximum atomic E-state index is 15.5. The van der Waals surface area contributed by atoms with Gasteiger partial charge in [-0.15, -0.1) is 22.7 Å². The molecular formula is C55H58F8N10O2S2. The molecule has 7 heterocycles. The van der Waals surface area contributed by atoms with Gasteiger partial charge in [-0.3, -0.25) is 19.0 Å². The van der Waals surface area contributed by atoms with Gasteiger partial charge >= 0.3 is 12.4 Å². The van der Waals surface area contributed by atoms with E-state index in [9.17, 15) is 46.5 Å². The summed E-state index contributed by atoms with van der Waals surface area (Å²) >= 11 is 2.48. The van der Waals surface area contributed by atoms with Crippen LogP contribution in [0.15, 0.2) is 84.5 Å². The van der Waals surface area contributed by atoms with Gasteiger partial charge in [0.15, 0.2) is 11.4 Å². The van der Waals surface area contributed by atoms with Crippen LogP contribution >= 0.6 is 22.7 Å². The van der Waals surface area contributed by atoms with Crippen molar-refractivity contribution < 1.29 is 44.7 Å². The normalized spacial score (nSPS) is 19.0. The zero-order valence-electron chi connectivity index (χ0n) is 43.3. The molecule has 0 bridgehead atoms. The number of halogens is 8. The van der Waals surface area contributed by atoms with Gasteiger partial charge in [0.2, 0.25) is 11.8 Å². The highest BCUT2D eigenvalue weighted by Gasteiger charge is 2.43. The number of aromatic nitrogens is 4. The number of alkyl halides is 6. The molecule has 0 radical (unpaired) electrons. The van der Waals surface area contributed by atoms with E-state index in [0.717, 1.165) is 50.1 Å². The number of rotatable bonds is 11. The number of hydrogen-bond donors (Lipinski definition) is 2. The van der Waals surface area contributed by atoms with Crippen molar-refractivity contribution in [2.45, 2.75) is 123 Å². The molecule has 4 aromatic heterocycles. The number of fused-ring (bicyclic) bond motifs is 2. The maximum Gasteiger partial charge on any atom is 0.435 e. The number of aryl methyl sites for hydroxylation is 2. The number of hydrogen-bond acceptors (Lipinski definition) is 10. The summed E-state index contributed by atoms with van der Waals surface area (Å²) in [6.07, 6.45) is 3.39. The molecule has 1 fully saturated rings. The average molecular weight is 1110 g/mol. The van der Waals surface area contributed by atoms with E-state index in [1.54, 1.807) is 55.0 Å². The molecule has 2 amide bonds. The predicted molar refractivity (Wildman–Crippen MR) is 279 cm³/mol. The van der Waals surface area contributed by atoms with Gasteiger partial charge in [0.1, 0.15) is 33.5 Å². The molecule has 4 atom stereocenters. The van der Waals surface area contributed by atoms with Crippen LogP contribution in [0.25, 0.3) is 16.7 Å². The quantitative estimate of drug-likeness (QED) is 0.0981. The monoisotopic (exact) mass is 1110 g/mol. The summed E-state index contributed by atoms with van der Waals surface area (Å²) < 4.78 is 117. The van der Waals surface area contributed by atoms with Crippen LogP contribution in [-0.2, 0) is 48.1 Å². The third kappa shape index (κ3) is 12.8. The number of nitrogens with one attached hydrogen (secondary N) is 2. The summed E-state index contributed by atoms with van der Waals surface area (Å²) in [5, 5.41) is 32.7. The first-order valence-electron chi connectivity index (χ1n) is 25.3. The largest absolute Gasteiger partial charge is 0.435 e. The molecule has 12 nitrogen and oxygen atoms in total. The molecular weight excluding hydrogens is 1050 g/mol. The average Bonchev–Trinajstić information content (AvgIpc) is 4.30. The Bertz CT molecular complexity index is 3170. The van der Waals surface area contributed by atoms with E-state index in [1.165, 1.54) is 59.4 Å². The Morgan fingerprint density at radius 1 is 0.844 bits per heavy atom. The van der Waals surface area contributed by atoms with Crippen molar-refractivity contribution in [3.63, 3.8) is 0 Å². The topological polar surface area (TPSA) is 148 Å². The molecule has 2 N–H and O–H groups in total. The molecule has 4 aliphatic rings. The highest BCUT2D eigenvalue weighted by molar-refractivity contribution is 7.13. The van der Waals surface area contributed by atoms with Crippen molar-refractivity contribution in [1.82, 2.24) is 40.0 Å². The third-order valence-corrected chi connectivity index (χ3v) is 15.8. The van der Waals surface area contributed by atoms with E-state index >= 15 is 8.78 Å². The fourth-order valence-corrected chi connectivity index (χ4v) is 12.0. The minimum atomic E-state index is -4.79. The molecule has 22 heteroatoms. The van der Waals surface area contributed by atoms with Crippen LogP contribution in [0.3, 0.4) is 0 Å².